The number of rotatable bonds is 8. The zero-order valence-corrected chi connectivity index (χ0v) is 14.5. The SMILES string of the molecule is CCCCCC(C)(C)c1ccc(OCc2ccccc2)c(O)c1. The molecule has 0 heterocycles. The summed E-state index contributed by atoms with van der Waals surface area (Å²) in [4.78, 5) is 0. The van der Waals surface area contributed by atoms with E-state index in [9.17, 15) is 5.11 Å². The summed E-state index contributed by atoms with van der Waals surface area (Å²) in [5, 5.41) is 10.3. The summed E-state index contributed by atoms with van der Waals surface area (Å²) < 4.78 is 5.74. The van der Waals surface area contributed by atoms with Crippen molar-refractivity contribution in [1.29, 1.82) is 0 Å². The molecule has 124 valence electrons. The quantitative estimate of drug-likeness (QED) is 0.621. The monoisotopic (exact) mass is 312 g/mol. The Labute approximate surface area is 140 Å². The number of benzene rings is 2. The van der Waals surface area contributed by atoms with Crippen LogP contribution in [0.15, 0.2) is 48.5 Å². The molecule has 0 unspecified atom stereocenters. The minimum absolute atomic E-state index is 0.0740. The van der Waals surface area contributed by atoms with Gasteiger partial charge in [-0.2, -0.15) is 0 Å². The maximum atomic E-state index is 10.3. The van der Waals surface area contributed by atoms with E-state index in [4.69, 9.17) is 4.74 Å². The van der Waals surface area contributed by atoms with Gasteiger partial charge in [0, 0.05) is 0 Å². The summed E-state index contributed by atoms with van der Waals surface area (Å²) in [5.74, 6) is 0.768. The minimum Gasteiger partial charge on any atom is -0.504 e. The summed E-state index contributed by atoms with van der Waals surface area (Å²) in [6.45, 7) is 7.16. The summed E-state index contributed by atoms with van der Waals surface area (Å²) in [6, 6.07) is 15.8. The Morgan fingerprint density at radius 1 is 1.00 bits per heavy atom. The molecule has 0 spiro atoms. The second-order valence-corrected chi connectivity index (χ2v) is 6.80. The predicted molar refractivity (Wildman–Crippen MR) is 96.0 cm³/mol. The highest BCUT2D eigenvalue weighted by Gasteiger charge is 2.21. The average Bonchev–Trinajstić information content (AvgIpc) is 2.55. The number of aromatic hydroxyl groups is 1. The molecule has 0 aromatic heterocycles. The zero-order chi connectivity index (χ0) is 16.7. The van der Waals surface area contributed by atoms with Crippen molar-refractivity contribution < 1.29 is 9.84 Å². The average molecular weight is 312 g/mol. The summed E-state index contributed by atoms with van der Waals surface area (Å²) >= 11 is 0. The van der Waals surface area contributed by atoms with Crippen LogP contribution in [0.3, 0.4) is 0 Å². The molecular weight excluding hydrogens is 284 g/mol. The topological polar surface area (TPSA) is 29.5 Å². The van der Waals surface area contributed by atoms with Crippen molar-refractivity contribution in [2.45, 2.75) is 58.5 Å². The van der Waals surface area contributed by atoms with Crippen LogP contribution in [0.4, 0.5) is 0 Å². The Hall–Kier alpha value is -1.96. The smallest absolute Gasteiger partial charge is 0.161 e. The van der Waals surface area contributed by atoms with Gasteiger partial charge in [-0.05, 0) is 35.1 Å². The lowest BCUT2D eigenvalue weighted by Gasteiger charge is -2.26. The normalized spacial score (nSPS) is 11.4. The Morgan fingerprint density at radius 3 is 2.39 bits per heavy atom. The van der Waals surface area contributed by atoms with Crippen molar-refractivity contribution in [1.82, 2.24) is 0 Å². The van der Waals surface area contributed by atoms with Gasteiger partial charge < -0.3 is 9.84 Å². The summed E-state index contributed by atoms with van der Waals surface area (Å²) in [5.41, 5.74) is 2.33. The zero-order valence-electron chi connectivity index (χ0n) is 14.5. The lowest BCUT2D eigenvalue weighted by Crippen LogP contribution is -2.16. The maximum Gasteiger partial charge on any atom is 0.161 e. The van der Waals surface area contributed by atoms with Gasteiger partial charge >= 0.3 is 0 Å². The molecule has 0 amide bonds. The van der Waals surface area contributed by atoms with Crippen LogP contribution in [0, 0.1) is 0 Å². The lowest BCUT2D eigenvalue weighted by atomic mass is 9.80. The number of phenolic OH excluding ortho intramolecular Hbond substituents is 1. The van der Waals surface area contributed by atoms with Crippen molar-refractivity contribution in [3.05, 3.63) is 59.7 Å². The second-order valence-electron chi connectivity index (χ2n) is 6.80. The molecular formula is C21H28O2. The second kappa shape index (κ2) is 8.05. The molecule has 1 N–H and O–H groups in total. The van der Waals surface area contributed by atoms with E-state index >= 15 is 0 Å². The highest BCUT2D eigenvalue weighted by Crippen LogP contribution is 2.35. The Kier molecular flexibility index (Phi) is 6.09. The third-order valence-corrected chi connectivity index (χ3v) is 4.38. The van der Waals surface area contributed by atoms with Crippen LogP contribution in [0.2, 0.25) is 0 Å². The van der Waals surface area contributed by atoms with Gasteiger partial charge in [0.15, 0.2) is 11.5 Å². The molecule has 0 radical (unpaired) electrons. The van der Waals surface area contributed by atoms with Crippen molar-refractivity contribution in [3.63, 3.8) is 0 Å². The molecule has 2 aromatic carbocycles. The van der Waals surface area contributed by atoms with Crippen LogP contribution in [0.1, 0.15) is 57.6 Å². The van der Waals surface area contributed by atoms with Crippen LogP contribution >= 0.6 is 0 Å². The first kappa shape index (κ1) is 17.4. The highest BCUT2D eigenvalue weighted by molar-refractivity contribution is 5.44. The first-order valence-corrected chi connectivity index (χ1v) is 8.53. The van der Waals surface area contributed by atoms with Crippen molar-refractivity contribution in [3.8, 4) is 11.5 Å². The third-order valence-electron chi connectivity index (χ3n) is 4.38. The third kappa shape index (κ3) is 5.02. The maximum absolute atomic E-state index is 10.3. The number of hydrogen-bond acceptors (Lipinski definition) is 2. The Bertz CT molecular complexity index is 602. The fourth-order valence-electron chi connectivity index (χ4n) is 2.76. The minimum atomic E-state index is 0.0740. The molecule has 2 heteroatoms. The van der Waals surface area contributed by atoms with Gasteiger partial charge in [0.1, 0.15) is 6.61 Å². The molecule has 2 rings (SSSR count). The van der Waals surface area contributed by atoms with E-state index in [2.05, 4.69) is 26.8 Å². The lowest BCUT2D eigenvalue weighted by molar-refractivity contribution is 0.288. The van der Waals surface area contributed by atoms with Gasteiger partial charge in [-0.15, -0.1) is 0 Å². The summed E-state index contributed by atoms with van der Waals surface area (Å²) in [7, 11) is 0. The molecule has 0 atom stereocenters. The largest absolute Gasteiger partial charge is 0.504 e. The Balaban J connectivity index is 2.02. The molecule has 0 saturated carbocycles. The van der Waals surface area contributed by atoms with Gasteiger partial charge in [-0.1, -0.05) is 76.4 Å². The highest BCUT2D eigenvalue weighted by atomic mass is 16.5. The first-order chi connectivity index (χ1) is 11.0. The van der Waals surface area contributed by atoms with E-state index in [1.807, 2.05) is 42.5 Å². The van der Waals surface area contributed by atoms with Crippen LogP contribution in [-0.2, 0) is 12.0 Å². The van der Waals surface area contributed by atoms with E-state index in [1.165, 1.54) is 19.3 Å². The number of phenols is 1. The molecule has 0 fully saturated rings. The van der Waals surface area contributed by atoms with E-state index in [0.717, 1.165) is 17.5 Å². The van der Waals surface area contributed by atoms with Crippen molar-refractivity contribution in [2.24, 2.45) is 0 Å². The van der Waals surface area contributed by atoms with Crippen LogP contribution < -0.4 is 4.74 Å². The van der Waals surface area contributed by atoms with Gasteiger partial charge in [-0.3, -0.25) is 0 Å². The van der Waals surface area contributed by atoms with Crippen LogP contribution in [0.5, 0.6) is 11.5 Å². The molecule has 0 saturated heterocycles. The van der Waals surface area contributed by atoms with Crippen LogP contribution in [-0.4, -0.2) is 5.11 Å². The van der Waals surface area contributed by atoms with Gasteiger partial charge in [0.25, 0.3) is 0 Å². The Morgan fingerprint density at radius 2 is 1.74 bits per heavy atom. The fraction of sp³-hybridized carbons (Fsp3) is 0.429. The fourth-order valence-corrected chi connectivity index (χ4v) is 2.76. The molecule has 2 aromatic rings. The first-order valence-electron chi connectivity index (χ1n) is 8.53. The standard InChI is InChI=1S/C21H28O2/c1-4-5-9-14-21(2,3)18-12-13-20(19(22)15-18)23-16-17-10-7-6-8-11-17/h6-8,10-13,15,22H,4-5,9,14,16H2,1-3H3. The molecule has 0 aliphatic heterocycles. The molecule has 0 aliphatic carbocycles. The molecule has 2 nitrogen and oxygen atoms in total. The van der Waals surface area contributed by atoms with Crippen molar-refractivity contribution in [2.75, 3.05) is 0 Å². The van der Waals surface area contributed by atoms with Gasteiger partial charge in [0.2, 0.25) is 0 Å². The molecule has 23 heavy (non-hydrogen) atoms. The van der Waals surface area contributed by atoms with E-state index < -0.39 is 0 Å². The van der Waals surface area contributed by atoms with Gasteiger partial charge in [0.05, 0.1) is 0 Å². The predicted octanol–water partition coefficient (Wildman–Crippen LogP) is 5.83. The van der Waals surface area contributed by atoms with E-state index in [-0.39, 0.29) is 11.2 Å². The van der Waals surface area contributed by atoms with E-state index in [0.29, 0.717) is 12.4 Å². The number of ether oxygens (including phenoxy) is 1. The van der Waals surface area contributed by atoms with Crippen molar-refractivity contribution >= 4 is 0 Å². The molecule has 0 aliphatic rings. The number of hydrogen-bond donors (Lipinski definition) is 1. The summed E-state index contributed by atoms with van der Waals surface area (Å²) in [6.07, 6.45) is 4.84. The van der Waals surface area contributed by atoms with Crippen LogP contribution in [0.25, 0.3) is 0 Å². The van der Waals surface area contributed by atoms with E-state index in [1.54, 1.807) is 0 Å². The van der Waals surface area contributed by atoms with Gasteiger partial charge in [-0.25, -0.2) is 0 Å². The number of unbranched alkanes of at least 4 members (excludes halogenated alkanes) is 2. The molecule has 0 bridgehead atoms.